The molecule has 0 aliphatic heterocycles. The number of nitrogens with two attached hydrogens (primary N) is 1. The predicted molar refractivity (Wildman–Crippen MR) is 69.3 cm³/mol. The summed E-state index contributed by atoms with van der Waals surface area (Å²) in [6.45, 7) is 0.137. The second kappa shape index (κ2) is 5.33. The van der Waals surface area contributed by atoms with E-state index in [1.165, 1.54) is 36.7 Å². The molecule has 1 aromatic heterocycles. The van der Waals surface area contributed by atoms with Gasteiger partial charge in [0, 0.05) is 18.9 Å². The molecule has 0 saturated heterocycles. The highest BCUT2D eigenvalue weighted by Gasteiger charge is 2.19. The van der Waals surface area contributed by atoms with Crippen molar-refractivity contribution in [3.05, 3.63) is 54.1 Å². The van der Waals surface area contributed by atoms with Crippen LogP contribution in [-0.2, 0) is 16.6 Å². The van der Waals surface area contributed by atoms with E-state index in [1.807, 2.05) is 0 Å². The van der Waals surface area contributed by atoms with Gasteiger partial charge in [-0.2, -0.15) is 0 Å². The largest absolute Gasteiger partial charge is 0.326 e. The van der Waals surface area contributed by atoms with Gasteiger partial charge in [-0.3, -0.25) is 9.71 Å². The molecule has 0 aliphatic rings. The summed E-state index contributed by atoms with van der Waals surface area (Å²) in [7, 11) is -3.98. The van der Waals surface area contributed by atoms with Crippen LogP contribution < -0.4 is 10.5 Å². The third-order valence-electron chi connectivity index (χ3n) is 2.45. The molecule has 0 amide bonds. The molecule has 0 atom stereocenters. The van der Waals surface area contributed by atoms with Gasteiger partial charge in [-0.05, 0) is 29.8 Å². The monoisotopic (exact) mass is 281 g/mol. The highest BCUT2D eigenvalue weighted by Crippen LogP contribution is 2.19. The number of pyridine rings is 1. The first-order valence-corrected chi connectivity index (χ1v) is 6.92. The van der Waals surface area contributed by atoms with Gasteiger partial charge in [0.1, 0.15) is 10.7 Å². The Morgan fingerprint density at radius 3 is 2.53 bits per heavy atom. The molecule has 7 heteroatoms. The van der Waals surface area contributed by atoms with Gasteiger partial charge in [-0.15, -0.1) is 0 Å². The molecule has 2 rings (SSSR count). The van der Waals surface area contributed by atoms with E-state index in [1.54, 1.807) is 0 Å². The Labute approximate surface area is 110 Å². The molecule has 3 N–H and O–H groups in total. The van der Waals surface area contributed by atoms with Crippen LogP contribution in [0.5, 0.6) is 0 Å². The molecule has 1 heterocycles. The number of rotatable bonds is 4. The zero-order valence-corrected chi connectivity index (χ0v) is 10.7. The zero-order chi connectivity index (χ0) is 13.9. The molecule has 0 bridgehead atoms. The second-order valence-corrected chi connectivity index (χ2v) is 5.46. The summed E-state index contributed by atoms with van der Waals surface area (Å²) in [5, 5.41) is 0. The van der Waals surface area contributed by atoms with Crippen molar-refractivity contribution in [1.82, 2.24) is 4.98 Å². The van der Waals surface area contributed by atoms with Crippen molar-refractivity contribution < 1.29 is 12.8 Å². The second-order valence-electron chi connectivity index (χ2n) is 3.81. The summed E-state index contributed by atoms with van der Waals surface area (Å²) in [5.74, 6) is -0.821. The number of aromatic nitrogens is 1. The average molecular weight is 281 g/mol. The maximum atomic E-state index is 13.6. The van der Waals surface area contributed by atoms with Crippen LogP contribution in [0.25, 0.3) is 0 Å². The number of hydrogen-bond donors (Lipinski definition) is 2. The fourth-order valence-electron chi connectivity index (χ4n) is 1.51. The number of nitrogens with zero attached hydrogens (tertiary/aromatic N) is 1. The topological polar surface area (TPSA) is 85.1 Å². The van der Waals surface area contributed by atoms with Crippen LogP contribution in [-0.4, -0.2) is 13.4 Å². The van der Waals surface area contributed by atoms with Crippen LogP contribution in [0.4, 0.5) is 10.1 Å². The Hall–Kier alpha value is -1.99. The van der Waals surface area contributed by atoms with Crippen molar-refractivity contribution in [3.63, 3.8) is 0 Å². The minimum atomic E-state index is -3.98. The number of nitrogens with one attached hydrogen (secondary N) is 1. The molecule has 0 aliphatic carbocycles. The highest BCUT2D eigenvalue weighted by atomic mass is 32.2. The molecule has 100 valence electrons. The lowest BCUT2D eigenvalue weighted by molar-refractivity contribution is 0.569. The summed E-state index contributed by atoms with van der Waals surface area (Å²) >= 11 is 0. The quantitative estimate of drug-likeness (QED) is 0.889. The number of hydrogen-bond acceptors (Lipinski definition) is 4. The first-order valence-electron chi connectivity index (χ1n) is 5.44. The lowest BCUT2D eigenvalue weighted by atomic mass is 10.2. The predicted octanol–water partition coefficient (Wildman–Crippen LogP) is 1.48. The summed E-state index contributed by atoms with van der Waals surface area (Å²) in [5.41, 5.74) is 6.27. The van der Waals surface area contributed by atoms with E-state index in [2.05, 4.69) is 9.71 Å². The molecule has 0 radical (unpaired) electrons. The normalized spacial score (nSPS) is 11.3. The molecular weight excluding hydrogens is 269 g/mol. The minimum absolute atomic E-state index is 0.137. The first-order chi connectivity index (χ1) is 9.03. The summed E-state index contributed by atoms with van der Waals surface area (Å²) in [4.78, 5) is 3.34. The highest BCUT2D eigenvalue weighted by molar-refractivity contribution is 7.92. The molecular formula is C12H12FN3O2S. The van der Waals surface area contributed by atoms with Crippen molar-refractivity contribution in [2.24, 2.45) is 5.73 Å². The Bertz CT molecular complexity index is 675. The van der Waals surface area contributed by atoms with E-state index < -0.39 is 20.7 Å². The fourth-order valence-corrected chi connectivity index (χ4v) is 2.70. The smallest absolute Gasteiger partial charge is 0.264 e. The van der Waals surface area contributed by atoms with Gasteiger partial charge < -0.3 is 5.73 Å². The number of anilines is 1. The van der Waals surface area contributed by atoms with Crippen molar-refractivity contribution in [1.29, 1.82) is 0 Å². The van der Waals surface area contributed by atoms with E-state index in [0.717, 1.165) is 6.07 Å². The molecule has 0 unspecified atom stereocenters. The number of halogens is 1. The van der Waals surface area contributed by atoms with Gasteiger partial charge in [0.15, 0.2) is 0 Å². The third-order valence-corrected chi connectivity index (χ3v) is 3.85. The van der Waals surface area contributed by atoms with Crippen molar-refractivity contribution in [3.8, 4) is 0 Å². The van der Waals surface area contributed by atoms with Crippen LogP contribution in [0, 0.1) is 5.82 Å². The van der Waals surface area contributed by atoms with E-state index in [9.17, 15) is 12.8 Å². The Morgan fingerprint density at radius 1 is 1.21 bits per heavy atom. The van der Waals surface area contributed by atoms with Crippen LogP contribution in [0.2, 0.25) is 0 Å². The van der Waals surface area contributed by atoms with Crippen LogP contribution in [0.15, 0.2) is 47.6 Å². The summed E-state index contributed by atoms with van der Waals surface area (Å²) < 4.78 is 40.1. The molecule has 5 nitrogen and oxygen atoms in total. The first kappa shape index (κ1) is 13.4. The van der Waals surface area contributed by atoms with Gasteiger partial charge in [0.05, 0.1) is 5.69 Å². The number of benzene rings is 1. The van der Waals surface area contributed by atoms with Crippen LogP contribution >= 0.6 is 0 Å². The summed E-state index contributed by atoms with van der Waals surface area (Å²) in [6, 6.07) is 6.70. The molecule has 19 heavy (non-hydrogen) atoms. The third kappa shape index (κ3) is 3.07. The lowest BCUT2D eigenvalue weighted by Gasteiger charge is -2.09. The van der Waals surface area contributed by atoms with E-state index >= 15 is 0 Å². The van der Waals surface area contributed by atoms with Crippen LogP contribution in [0.3, 0.4) is 0 Å². The Balaban J connectivity index is 2.39. The van der Waals surface area contributed by atoms with Crippen LogP contribution in [0.1, 0.15) is 5.56 Å². The van der Waals surface area contributed by atoms with E-state index in [-0.39, 0.29) is 6.54 Å². The molecule has 2 aromatic rings. The zero-order valence-electron chi connectivity index (χ0n) is 9.88. The average Bonchev–Trinajstić information content (AvgIpc) is 2.39. The van der Waals surface area contributed by atoms with E-state index in [0.29, 0.717) is 11.3 Å². The maximum Gasteiger partial charge on any atom is 0.264 e. The molecule has 0 saturated carbocycles. The number of sulfonamides is 1. The van der Waals surface area contributed by atoms with Crippen molar-refractivity contribution in [2.75, 3.05) is 4.72 Å². The van der Waals surface area contributed by atoms with Gasteiger partial charge in [-0.1, -0.05) is 6.07 Å². The van der Waals surface area contributed by atoms with E-state index in [4.69, 9.17) is 5.73 Å². The lowest BCUT2D eigenvalue weighted by Crippen LogP contribution is -2.15. The van der Waals surface area contributed by atoms with Gasteiger partial charge in [-0.25, -0.2) is 12.8 Å². The fraction of sp³-hybridized carbons (Fsp3) is 0.0833. The minimum Gasteiger partial charge on any atom is -0.326 e. The standard InChI is InChI=1S/C12H12FN3O2S/c13-11-2-1-9(8-14)7-12(11)19(17,18)16-10-3-5-15-6-4-10/h1-7H,8,14H2,(H,15,16). The summed E-state index contributed by atoms with van der Waals surface area (Å²) in [6.07, 6.45) is 2.87. The molecule has 0 fully saturated rings. The van der Waals surface area contributed by atoms with Crippen molar-refractivity contribution >= 4 is 15.7 Å². The van der Waals surface area contributed by atoms with Gasteiger partial charge >= 0.3 is 0 Å². The van der Waals surface area contributed by atoms with Gasteiger partial charge in [0.2, 0.25) is 0 Å². The maximum absolute atomic E-state index is 13.6. The van der Waals surface area contributed by atoms with Crippen molar-refractivity contribution in [2.45, 2.75) is 11.4 Å². The Kier molecular flexibility index (Phi) is 3.77. The molecule has 0 spiro atoms. The SMILES string of the molecule is NCc1ccc(F)c(S(=O)(=O)Nc2ccncc2)c1. The van der Waals surface area contributed by atoms with Gasteiger partial charge in [0.25, 0.3) is 10.0 Å². The molecule has 1 aromatic carbocycles. The Morgan fingerprint density at radius 2 is 1.89 bits per heavy atom.